The summed E-state index contributed by atoms with van der Waals surface area (Å²) in [5.74, 6) is 0. The summed E-state index contributed by atoms with van der Waals surface area (Å²) in [5.41, 5.74) is 5.04. The SMILES string of the molecule is Cc1ccc(-c2ccc(C)[n+](C)c2)c[n+]1C. The lowest BCUT2D eigenvalue weighted by atomic mass is 10.1. The highest BCUT2D eigenvalue weighted by atomic mass is 14.9. The van der Waals surface area contributed by atoms with Crippen LogP contribution in [-0.2, 0) is 14.1 Å². The molecule has 0 saturated carbocycles. The summed E-state index contributed by atoms with van der Waals surface area (Å²) >= 11 is 0. The van der Waals surface area contributed by atoms with Gasteiger partial charge >= 0.3 is 0 Å². The van der Waals surface area contributed by atoms with E-state index in [9.17, 15) is 0 Å². The lowest BCUT2D eigenvalue weighted by molar-refractivity contribution is -0.678. The van der Waals surface area contributed by atoms with Gasteiger partial charge in [0.1, 0.15) is 14.1 Å². The van der Waals surface area contributed by atoms with Crippen molar-refractivity contribution in [3.05, 3.63) is 48.0 Å². The molecule has 0 aliphatic rings. The Morgan fingerprint density at radius 2 is 1.06 bits per heavy atom. The molecule has 0 amide bonds. The third kappa shape index (κ3) is 1.96. The molecule has 2 nitrogen and oxygen atoms in total. The summed E-state index contributed by atoms with van der Waals surface area (Å²) in [4.78, 5) is 0. The van der Waals surface area contributed by atoms with Crippen molar-refractivity contribution in [2.45, 2.75) is 13.8 Å². The summed E-state index contributed by atoms with van der Waals surface area (Å²) in [5, 5.41) is 0. The van der Waals surface area contributed by atoms with Crippen molar-refractivity contribution in [1.82, 2.24) is 0 Å². The molecule has 0 radical (unpaired) electrons. The molecule has 2 rings (SSSR count). The second-order valence-corrected chi connectivity index (χ2v) is 4.34. The Balaban J connectivity index is 2.50. The van der Waals surface area contributed by atoms with Gasteiger partial charge in [0.25, 0.3) is 0 Å². The van der Waals surface area contributed by atoms with Crippen LogP contribution in [0.4, 0.5) is 0 Å². The topological polar surface area (TPSA) is 7.76 Å². The van der Waals surface area contributed by atoms with Crippen molar-refractivity contribution in [1.29, 1.82) is 0 Å². The summed E-state index contributed by atoms with van der Waals surface area (Å²) in [6.45, 7) is 4.22. The average Bonchev–Trinajstić information content (AvgIpc) is 2.26. The van der Waals surface area contributed by atoms with Gasteiger partial charge < -0.3 is 0 Å². The van der Waals surface area contributed by atoms with E-state index in [0.717, 1.165) is 0 Å². The molecular weight excluding hydrogens is 196 g/mol. The van der Waals surface area contributed by atoms with Crippen LogP contribution in [0.5, 0.6) is 0 Å². The van der Waals surface area contributed by atoms with Crippen LogP contribution in [0.3, 0.4) is 0 Å². The predicted molar refractivity (Wildman–Crippen MR) is 63.7 cm³/mol. The normalized spacial score (nSPS) is 10.5. The monoisotopic (exact) mass is 214 g/mol. The molecule has 2 aromatic rings. The summed E-state index contributed by atoms with van der Waals surface area (Å²) in [6.07, 6.45) is 4.33. The zero-order valence-corrected chi connectivity index (χ0v) is 10.4. The van der Waals surface area contributed by atoms with Crippen LogP contribution < -0.4 is 9.13 Å². The molecule has 0 N–H and O–H groups in total. The summed E-state index contributed by atoms with van der Waals surface area (Å²) in [6, 6.07) is 8.63. The number of hydrogen-bond acceptors (Lipinski definition) is 0. The van der Waals surface area contributed by atoms with Crippen LogP contribution in [0.1, 0.15) is 11.4 Å². The van der Waals surface area contributed by atoms with Crippen LogP contribution in [0.2, 0.25) is 0 Å². The molecule has 2 aromatic heterocycles. The van der Waals surface area contributed by atoms with Crippen LogP contribution >= 0.6 is 0 Å². The van der Waals surface area contributed by atoms with Crippen molar-refractivity contribution < 1.29 is 9.13 Å². The van der Waals surface area contributed by atoms with Crippen LogP contribution in [0.25, 0.3) is 11.1 Å². The largest absolute Gasteiger partial charge is 0.205 e. The third-order valence-corrected chi connectivity index (χ3v) is 3.12. The Bertz CT molecular complexity index is 481. The quantitative estimate of drug-likeness (QED) is 0.637. The zero-order valence-electron chi connectivity index (χ0n) is 10.4. The first-order valence-electron chi connectivity index (χ1n) is 5.51. The molecule has 0 aliphatic heterocycles. The Kier molecular flexibility index (Phi) is 2.73. The van der Waals surface area contributed by atoms with Crippen LogP contribution in [0.15, 0.2) is 36.7 Å². The first-order chi connectivity index (χ1) is 7.58. The number of nitrogens with zero attached hydrogens (tertiary/aromatic N) is 2. The van der Waals surface area contributed by atoms with Gasteiger partial charge in [-0.1, -0.05) is 0 Å². The maximum Gasteiger partial charge on any atom is 0.177 e. The van der Waals surface area contributed by atoms with E-state index in [-0.39, 0.29) is 0 Å². The second-order valence-electron chi connectivity index (χ2n) is 4.34. The zero-order chi connectivity index (χ0) is 11.7. The Hall–Kier alpha value is -1.70. The predicted octanol–water partition coefficient (Wildman–Crippen LogP) is 1.62. The van der Waals surface area contributed by atoms with Gasteiger partial charge in [-0.05, 0) is 12.1 Å². The summed E-state index contributed by atoms with van der Waals surface area (Å²) < 4.78 is 4.30. The molecule has 0 spiro atoms. The molecular formula is C14H18N2+2. The van der Waals surface area contributed by atoms with E-state index in [4.69, 9.17) is 0 Å². The first-order valence-corrected chi connectivity index (χ1v) is 5.51. The average molecular weight is 214 g/mol. The van der Waals surface area contributed by atoms with Crippen molar-refractivity contribution in [2.75, 3.05) is 0 Å². The minimum Gasteiger partial charge on any atom is -0.205 e. The van der Waals surface area contributed by atoms with Crippen molar-refractivity contribution in [3.63, 3.8) is 0 Å². The Morgan fingerprint density at radius 1 is 0.688 bits per heavy atom. The number of rotatable bonds is 1. The van der Waals surface area contributed by atoms with Gasteiger partial charge in [-0.15, -0.1) is 0 Å². The van der Waals surface area contributed by atoms with Crippen molar-refractivity contribution in [3.8, 4) is 11.1 Å². The first kappa shape index (κ1) is 10.8. The van der Waals surface area contributed by atoms with E-state index in [1.54, 1.807) is 0 Å². The van der Waals surface area contributed by atoms with Crippen LogP contribution in [0, 0.1) is 13.8 Å². The highest BCUT2D eigenvalue weighted by molar-refractivity contribution is 5.59. The fraction of sp³-hybridized carbons (Fsp3) is 0.286. The molecule has 2 heteroatoms. The molecule has 16 heavy (non-hydrogen) atoms. The Morgan fingerprint density at radius 3 is 1.38 bits per heavy atom. The number of aromatic nitrogens is 2. The standard InChI is InChI=1S/C14H18N2/c1-11-5-7-13(9-15(11)3)14-8-6-12(2)16(4)10-14/h5-10H,1-4H3/q+2. The number of aryl methyl sites for hydroxylation is 4. The molecule has 0 unspecified atom stereocenters. The van der Waals surface area contributed by atoms with Crippen LogP contribution in [-0.4, -0.2) is 0 Å². The lowest BCUT2D eigenvalue weighted by Crippen LogP contribution is -2.32. The van der Waals surface area contributed by atoms with Crippen molar-refractivity contribution in [2.24, 2.45) is 14.1 Å². The van der Waals surface area contributed by atoms with Crippen molar-refractivity contribution >= 4 is 0 Å². The third-order valence-electron chi connectivity index (χ3n) is 3.12. The molecule has 0 aliphatic carbocycles. The molecule has 0 aromatic carbocycles. The van der Waals surface area contributed by atoms with E-state index in [1.807, 2.05) is 0 Å². The fourth-order valence-electron chi connectivity index (χ4n) is 1.70. The minimum absolute atomic E-state index is 1.25. The summed E-state index contributed by atoms with van der Waals surface area (Å²) in [7, 11) is 4.15. The van der Waals surface area contributed by atoms with E-state index >= 15 is 0 Å². The minimum atomic E-state index is 1.25. The van der Waals surface area contributed by atoms with E-state index < -0.39 is 0 Å². The Labute approximate surface area is 96.8 Å². The number of pyridine rings is 2. The van der Waals surface area contributed by atoms with Gasteiger partial charge in [-0.3, -0.25) is 0 Å². The number of hydrogen-bond donors (Lipinski definition) is 0. The van der Waals surface area contributed by atoms with Gasteiger partial charge in [0.2, 0.25) is 0 Å². The molecule has 82 valence electrons. The van der Waals surface area contributed by atoms with E-state index in [2.05, 4.69) is 73.7 Å². The maximum absolute atomic E-state index is 2.17. The van der Waals surface area contributed by atoms with E-state index in [0.29, 0.717) is 0 Å². The van der Waals surface area contributed by atoms with Gasteiger partial charge in [0.05, 0.1) is 11.1 Å². The molecule has 0 bridgehead atoms. The smallest absolute Gasteiger partial charge is 0.177 e. The molecule has 0 atom stereocenters. The van der Waals surface area contributed by atoms with E-state index in [1.165, 1.54) is 22.5 Å². The van der Waals surface area contributed by atoms with Gasteiger partial charge in [0.15, 0.2) is 23.8 Å². The molecule has 2 heterocycles. The highest BCUT2D eigenvalue weighted by Gasteiger charge is 2.09. The fourth-order valence-corrected chi connectivity index (χ4v) is 1.70. The second kappa shape index (κ2) is 4.05. The van der Waals surface area contributed by atoms with Gasteiger partial charge in [-0.2, -0.15) is 0 Å². The molecule has 0 fully saturated rings. The highest BCUT2D eigenvalue weighted by Crippen LogP contribution is 2.15. The lowest BCUT2D eigenvalue weighted by Gasteiger charge is -2.01. The van der Waals surface area contributed by atoms with Gasteiger partial charge in [-0.25, -0.2) is 9.13 Å². The molecule has 0 saturated heterocycles. The van der Waals surface area contributed by atoms with Gasteiger partial charge in [0, 0.05) is 26.0 Å². The maximum atomic E-state index is 2.17.